The van der Waals surface area contributed by atoms with E-state index in [4.69, 9.17) is 29.5 Å². The maximum atomic E-state index is 12.0. The van der Waals surface area contributed by atoms with Gasteiger partial charge in [0.25, 0.3) is 10.1 Å². The SMILES string of the molecule is COc1ccc(N=Nc2cc(C)c(N=Nc3cc(OC)c(N=Nc4c(SOOO)cc5cc(Nc6ccc(N)cc6)ccc5c4O)cc3OC)cc2C)c(S(=O)(=O)O)c1. The van der Waals surface area contributed by atoms with Crippen molar-refractivity contribution < 1.29 is 46.9 Å². The first-order valence-electron chi connectivity index (χ1n) is 17.2. The van der Waals surface area contributed by atoms with Gasteiger partial charge in [-0.25, -0.2) is 5.26 Å². The van der Waals surface area contributed by atoms with Crippen molar-refractivity contribution in [2.75, 3.05) is 32.4 Å². The van der Waals surface area contributed by atoms with Crippen LogP contribution in [0.5, 0.6) is 23.0 Å². The molecule has 0 spiro atoms. The maximum absolute atomic E-state index is 12.0. The fraction of sp³-hybridized carbons (Fsp3) is 0.128. The molecular weight excluding hydrogens is 805 g/mol. The third kappa shape index (κ3) is 9.90. The van der Waals surface area contributed by atoms with Crippen LogP contribution in [0.3, 0.4) is 0 Å². The lowest BCUT2D eigenvalue weighted by Gasteiger charge is -2.12. The third-order valence-electron chi connectivity index (χ3n) is 8.63. The topological polar surface area (TPSA) is 253 Å². The Morgan fingerprint density at radius 2 is 1.24 bits per heavy atom. The number of azo groups is 3. The van der Waals surface area contributed by atoms with Gasteiger partial charge in [0, 0.05) is 40.6 Å². The number of ether oxygens (including phenoxy) is 3. The number of nitrogen functional groups attached to an aromatic ring is 1. The van der Waals surface area contributed by atoms with Gasteiger partial charge in [0.1, 0.15) is 44.9 Å². The minimum absolute atomic E-state index is 0.0141. The summed E-state index contributed by atoms with van der Waals surface area (Å²) in [6.07, 6.45) is 0. The number of methoxy groups -OCH3 is 3. The van der Waals surface area contributed by atoms with Crippen LogP contribution in [0.2, 0.25) is 0 Å². The molecule has 0 aliphatic carbocycles. The molecule has 18 nitrogen and oxygen atoms in total. The molecule has 0 saturated heterocycles. The Kier molecular flexibility index (Phi) is 13.0. The summed E-state index contributed by atoms with van der Waals surface area (Å²) < 4.78 is 54.6. The Hall–Kier alpha value is -6.68. The molecule has 0 bridgehead atoms. The van der Waals surface area contributed by atoms with E-state index in [1.54, 1.807) is 62.4 Å². The number of aryl methyl sites for hydroxylation is 2. The highest BCUT2D eigenvalue weighted by Crippen LogP contribution is 2.47. The minimum atomic E-state index is -4.61. The zero-order chi connectivity index (χ0) is 42.3. The van der Waals surface area contributed by atoms with Crippen LogP contribution in [0.15, 0.2) is 131 Å². The predicted octanol–water partition coefficient (Wildman–Crippen LogP) is 11.4. The molecule has 0 unspecified atom stereocenters. The Morgan fingerprint density at radius 3 is 1.81 bits per heavy atom. The van der Waals surface area contributed by atoms with E-state index in [9.17, 15) is 18.1 Å². The van der Waals surface area contributed by atoms with Gasteiger partial charge in [0.2, 0.25) is 0 Å². The molecule has 6 rings (SSSR count). The molecule has 20 heteroatoms. The first-order valence-corrected chi connectivity index (χ1v) is 19.3. The number of nitrogens with two attached hydrogens (primary N) is 1. The molecule has 6 aromatic carbocycles. The quantitative estimate of drug-likeness (QED) is 0.0161. The largest absolute Gasteiger partial charge is 0.505 e. The van der Waals surface area contributed by atoms with E-state index in [1.165, 1.54) is 39.5 Å². The molecular formula is C39H36N8O10S2. The Balaban J connectivity index is 1.27. The summed E-state index contributed by atoms with van der Waals surface area (Å²) in [5.41, 5.74) is 10.7. The minimum Gasteiger partial charge on any atom is -0.505 e. The van der Waals surface area contributed by atoms with Crippen molar-refractivity contribution >= 4 is 84.1 Å². The molecule has 304 valence electrons. The monoisotopic (exact) mass is 840 g/mol. The van der Waals surface area contributed by atoms with Gasteiger partial charge in [-0.3, -0.25) is 4.55 Å². The van der Waals surface area contributed by atoms with E-state index in [2.05, 4.69) is 41.0 Å². The Morgan fingerprint density at radius 1 is 0.661 bits per heavy atom. The zero-order valence-corrected chi connectivity index (χ0v) is 33.6. The maximum Gasteiger partial charge on any atom is 0.296 e. The van der Waals surface area contributed by atoms with Gasteiger partial charge in [-0.1, -0.05) is 5.04 Å². The molecule has 0 aromatic heterocycles. The van der Waals surface area contributed by atoms with Crippen molar-refractivity contribution in [2.24, 2.45) is 30.7 Å². The molecule has 6 aromatic rings. The normalized spacial score (nSPS) is 11.9. The third-order valence-corrected chi connectivity index (χ3v) is 10.1. The van der Waals surface area contributed by atoms with Crippen LogP contribution in [0, 0.1) is 13.8 Å². The van der Waals surface area contributed by atoms with Crippen LogP contribution in [-0.4, -0.2) is 44.7 Å². The van der Waals surface area contributed by atoms with E-state index < -0.39 is 15.0 Å². The van der Waals surface area contributed by atoms with Crippen molar-refractivity contribution in [3.63, 3.8) is 0 Å². The van der Waals surface area contributed by atoms with Crippen molar-refractivity contribution in [1.82, 2.24) is 0 Å². The van der Waals surface area contributed by atoms with Gasteiger partial charge in [0.15, 0.2) is 5.75 Å². The van der Waals surface area contributed by atoms with Gasteiger partial charge in [-0.2, -0.15) is 18.6 Å². The summed E-state index contributed by atoms with van der Waals surface area (Å²) in [6.45, 7) is 3.56. The number of rotatable bonds is 15. The summed E-state index contributed by atoms with van der Waals surface area (Å²) in [5.74, 6) is 0.528. The van der Waals surface area contributed by atoms with Crippen molar-refractivity contribution in [2.45, 2.75) is 23.6 Å². The summed E-state index contributed by atoms with van der Waals surface area (Å²) in [7, 11) is -0.358. The van der Waals surface area contributed by atoms with E-state index in [0.29, 0.717) is 56.7 Å². The number of fused-ring (bicyclic) bond motifs is 1. The van der Waals surface area contributed by atoms with Crippen LogP contribution < -0.4 is 25.3 Å². The second-order valence-corrected chi connectivity index (χ2v) is 14.6. The molecule has 0 fully saturated rings. The molecule has 0 saturated carbocycles. The van der Waals surface area contributed by atoms with Gasteiger partial charge >= 0.3 is 0 Å². The van der Waals surface area contributed by atoms with Gasteiger partial charge in [-0.15, -0.1) is 24.8 Å². The number of nitrogens with zero attached hydrogens (tertiary/aromatic N) is 6. The fourth-order valence-corrected chi connectivity index (χ4v) is 6.76. The van der Waals surface area contributed by atoms with Crippen LogP contribution >= 0.6 is 12.0 Å². The zero-order valence-electron chi connectivity index (χ0n) is 31.9. The molecule has 0 amide bonds. The van der Waals surface area contributed by atoms with Crippen LogP contribution in [0.4, 0.5) is 51.2 Å². The number of hydrogen-bond acceptors (Lipinski definition) is 18. The average molecular weight is 841 g/mol. The standard InChI is InChI=1S/C39H36N8O10S2/c1-21-15-31(22(2)14-30(21)43-42-29-13-11-27(53-3)18-37(29)59(50,51)52)44-45-32-19-35(55-5)33(20-34(32)54-4)46-47-38-36(58-57-56-49)17-23-16-26(10-12-28(23)39(38)48)41-25-8-6-24(40)7-9-25/h6-20,41,48-49H,40H2,1-5H3,(H,50,51,52). The predicted molar refractivity (Wildman–Crippen MR) is 221 cm³/mol. The highest BCUT2D eigenvalue weighted by atomic mass is 32.2. The Bertz CT molecular complexity index is 2730. The van der Waals surface area contributed by atoms with E-state index in [1.807, 2.05) is 18.2 Å². The number of nitrogens with one attached hydrogen (secondary N) is 1. The number of hydrogen-bond donors (Lipinski definition) is 5. The van der Waals surface area contributed by atoms with Crippen LogP contribution in [0.25, 0.3) is 10.8 Å². The van der Waals surface area contributed by atoms with Crippen molar-refractivity contribution in [1.29, 1.82) is 0 Å². The van der Waals surface area contributed by atoms with Gasteiger partial charge < -0.3 is 30.4 Å². The molecule has 0 aliphatic heterocycles. The van der Waals surface area contributed by atoms with Crippen molar-refractivity contribution in [3.8, 4) is 23.0 Å². The first kappa shape index (κ1) is 41.9. The number of benzene rings is 6. The number of aromatic hydroxyl groups is 1. The van der Waals surface area contributed by atoms with Crippen molar-refractivity contribution in [3.05, 3.63) is 102 Å². The summed E-state index contributed by atoms with van der Waals surface area (Å²) in [6, 6.07) is 24.8. The molecule has 59 heavy (non-hydrogen) atoms. The van der Waals surface area contributed by atoms with E-state index in [0.717, 1.165) is 17.4 Å². The molecule has 0 radical (unpaired) electrons. The highest BCUT2D eigenvalue weighted by molar-refractivity contribution is 7.94. The van der Waals surface area contributed by atoms with Crippen LogP contribution in [0.1, 0.15) is 11.1 Å². The van der Waals surface area contributed by atoms with E-state index in [-0.39, 0.29) is 45.0 Å². The lowest BCUT2D eigenvalue weighted by molar-refractivity contribution is -0.432. The summed E-state index contributed by atoms with van der Waals surface area (Å²) in [4.78, 5) is -0.190. The van der Waals surface area contributed by atoms with Gasteiger partial charge in [0.05, 0.1) is 49.6 Å². The fourth-order valence-electron chi connectivity index (χ4n) is 5.63. The first-order chi connectivity index (χ1) is 28.3. The Labute approximate surface area is 341 Å². The average Bonchev–Trinajstić information content (AvgIpc) is 3.22. The lowest BCUT2D eigenvalue weighted by Crippen LogP contribution is -1.99. The highest BCUT2D eigenvalue weighted by Gasteiger charge is 2.19. The number of phenolic OH excluding ortho intramolecular Hbond substituents is 1. The summed E-state index contributed by atoms with van der Waals surface area (Å²) in [5, 5.41) is 54.3. The summed E-state index contributed by atoms with van der Waals surface area (Å²) >= 11 is 0.604. The second kappa shape index (κ2) is 18.3. The van der Waals surface area contributed by atoms with Crippen LogP contribution in [-0.2, 0) is 19.5 Å². The smallest absolute Gasteiger partial charge is 0.296 e. The molecule has 6 N–H and O–H groups in total. The van der Waals surface area contributed by atoms with Gasteiger partial charge in [-0.05, 0) is 103 Å². The van der Waals surface area contributed by atoms with E-state index >= 15 is 0 Å². The molecule has 0 heterocycles. The lowest BCUT2D eigenvalue weighted by atomic mass is 10.1. The number of anilines is 3. The second-order valence-electron chi connectivity index (χ2n) is 12.5. The molecule has 0 atom stereocenters. The molecule has 0 aliphatic rings. The number of phenols is 1.